The van der Waals surface area contributed by atoms with E-state index in [2.05, 4.69) is 21.3 Å². The highest BCUT2D eigenvalue weighted by Crippen LogP contribution is 2.39. The maximum Gasteiger partial charge on any atom is 0.330 e. The molecule has 1 aliphatic rings. The van der Waals surface area contributed by atoms with Crippen molar-refractivity contribution in [1.82, 2.24) is 21.3 Å². The second-order valence-corrected chi connectivity index (χ2v) is 9.54. The molecule has 10 heteroatoms. The van der Waals surface area contributed by atoms with Crippen molar-refractivity contribution in [2.24, 2.45) is 0 Å². The summed E-state index contributed by atoms with van der Waals surface area (Å²) in [5.74, 6) is -1.32. The molecular weight excluding hydrogens is 420 g/mol. The van der Waals surface area contributed by atoms with E-state index in [1.807, 2.05) is 44.2 Å². The van der Waals surface area contributed by atoms with Crippen LogP contribution < -0.4 is 21.3 Å². The second-order valence-electron chi connectivity index (χ2n) is 7.75. The fourth-order valence-electron chi connectivity index (χ4n) is 3.27. The van der Waals surface area contributed by atoms with Crippen LogP contribution in [-0.2, 0) is 30.3 Å². The Labute approximate surface area is 186 Å². The van der Waals surface area contributed by atoms with Crippen LogP contribution in [0.15, 0.2) is 30.3 Å². The first-order valence-electron chi connectivity index (χ1n) is 10.0. The number of rotatable bonds is 9. The van der Waals surface area contributed by atoms with Crippen LogP contribution in [0.2, 0.25) is 0 Å². The topological polar surface area (TPSA) is 126 Å². The van der Waals surface area contributed by atoms with Gasteiger partial charge in [0.15, 0.2) is 6.04 Å². The van der Waals surface area contributed by atoms with Crippen molar-refractivity contribution in [3.8, 4) is 0 Å². The van der Waals surface area contributed by atoms with Gasteiger partial charge in [-0.2, -0.15) is 0 Å². The van der Waals surface area contributed by atoms with E-state index in [9.17, 15) is 19.2 Å². The number of benzene rings is 1. The Morgan fingerprint density at radius 1 is 1.13 bits per heavy atom. The predicted molar refractivity (Wildman–Crippen MR) is 118 cm³/mol. The molecule has 1 fully saturated rings. The van der Waals surface area contributed by atoms with Crippen molar-refractivity contribution in [2.75, 3.05) is 20.2 Å². The van der Waals surface area contributed by atoms with Gasteiger partial charge < -0.3 is 20.7 Å². The highest BCUT2D eigenvalue weighted by molar-refractivity contribution is 8.01. The Hall–Kier alpha value is -2.59. The first-order chi connectivity index (χ1) is 14.6. The van der Waals surface area contributed by atoms with Gasteiger partial charge in [0.1, 0.15) is 6.04 Å². The van der Waals surface area contributed by atoms with Gasteiger partial charge in [0.25, 0.3) is 0 Å². The van der Waals surface area contributed by atoms with Crippen LogP contribution in [0.3, 0.4) is 0 Å². The van der Waals surface area contributed by atoms with Gasteiger partial charge in [-0.25, -0.2) is 4.79 Å². The zero-order valence-corrected chi connectivity index (χ0v) is 19.0. The molecule has 9 nitrogen and oxygen atoms in total. The summed E-state index contributed by atoms with van der Waals surface area (Å²) in [6.07, 6.45) is 0.127. The van der Waals surface area contributed by atoms with E-state index in [1.165, 1.54) is 25.8 Å². The van der Waals surface area contributed by atoms with Gasteiger partial charge in [-0.15, -0.1) is 11.8 Å². The summed E-state index contributed by atoms with van der Waals surface area (Å²) >= 11 is 1.39. The highest BCUT2D eigenvalue weighted by atomic mass is 32.2. The van der Waals surface area contributed by atoms with Crippen LogP contribution in [0.25, 0.3) is 0 Å². The number of methoxy groups -OCH3 is 1. The Morgan fingerprint density at radius 2 is 1.77 bits per heavy atom. The van der Waals surface area contributed by atoms with Gasteiger partial charge in [-0.3, -0.25) is 19.7 Å². The van der Waals surface area contributed by atoms with Gasteiger partial charge in [0, 0.05) is 24.8 Å². The van der Waals surface area contributed by atoms with Gasteiger partial charge in [0.05, 0.1) is 18.9 Å². The standard InChI is InChI=1S/C21H30N4O5S/c1-13(26)22-10-11-23-18(28)17-21(2,3)31-19(25-17)16(20(29)30-4)24-15(27)12-14-8-6-5-7-9-14/h5-9,16-17,19,25H,10-12H2,1-4H3,(H,22,26)(H,23,28)(H,24,27)/t16-,17-,19+/m0/s1. The molecule has 1 aromatic rings. The number of thioether (sulfide) groups is 1. The van der Waals surface area contributed by atoms with Gasteiger partial charge in [0.2, 0.25) is 17.7 Å². The number of carbonyl (C=O) groups is 4. The number of hydrogen-bond acceptors (Lipinski definition) is 7. The van der Waals surface area contributed by atoms with Crippen LogP contribution in [0.4, 0.5) is 0 Å². The van der Waals surface area contributed by atoms with Crippen molar-refractivity contribution in [3.05, 3.63) is 35.9 Å². The minimum Gasteiger partial charge on any atom is -0.467 e. The second kappa shape index (κ2) is 11.1. The number of hydrogen-bond donors (Lipinski definition) is 4. The lowest BCUT2D eigenvalue weighted by Crippen LogP contribution is -2.56. The largest absolute Gasteiger partial charge is 0.467 e. The van der Waals surface area contributed by atoms with Crippen molar-refractivity contribution >= 4 is 35.5 Å². The maximum atomic E-state index is 12.7. The van der Waals surface area contributed by atoms with Crippen LogP contribution in [0.1, 0.15) is 26.3 Å². The van der Waals surface area contributed by atoms with Gasteiger partial charge in [-0.05, 0) is 19.4 Å². The minimum atomic E-state index is -0.956. The van der Waals surface area contributed by atoms with Crippen molar-refractivity contribution in [2.45, 2.75) is 49.4 Å². The van der Waals surface area contributed by atoms with Crippen LogP contribution in [0.5, 0.6) is 0 Å². The smallest absolute Gasteiger partial charge is 0.330 e. The average molecular weight is 451 g/mol. The third-order valence-electron chi connectivity index (χ3n) is 4.80. The monoisotopic (exact) mass is 450 g/mol. The summed E-state index contributed by atoms with van der Waals surface area (Å²) in [5.41, 5.74) is 0.826. The molecule has 3 atom stereocenters. The summed E-state index contributed by atoms with van der Waals surface area (Å²) in [7, 11) is 1.26. The van der Waals surface area contributed by atoms with Crippen LogP contribution >= 0.6 is 11.8 Å². The first kappa shape index (κ1) is 24.7. The van der Waals surface area contributed by atoms with E-state index in [0.717, 1.165) is 5.56 Å². The Balaban J connectivity index is 2.02. The maximum absolute atomic E-state index is 12.7. The third kappa shape index (κ3) is 7.25. The van der Waals surface area contributed by atoms with Gasteiger partial charge >= 0.3 is 5.97 Å². The lowest BCUT2D eigenvalue weighted by atomic mass is 10.0. The molecule has 1 aromatic carbocycles. The molecule has 0 aromatic heterocycles. The zero-order valence-electron chi connectivity index (χ0n) is 18.2. The molecule has 4 N–H and O–H groups in total. The lowest BCUT2D eigenvalue weighted by Gasteiger charge is -2.24. The molecular formula is C21H30N4O5S. The molecule has 1 aliphatic heterocycles. The fraction of sp³-hybridized carbons (Fsp3) is 0.524. The number of nitrogens with one attached hydrogen (secondary N) is 4. The average Bonchev–Trinajstić information content (AvgIpc) is 3.04. The fourth-order valence-corrected chi connectivity index (χ4v) is 4.75. The lowest BCUT2D eigenvalue weighted by molar-refractivity contribution is -0.145. The van der Waals surface area contributed by atoms with E-state index in [-0.39, 0.29) is 30.7 Å². The molecule has 0 spiro atoms. The molecule has 0 saturated carbocycles. The molecule has 0 bridgehead atoms. The summed E-state index contributed by atoms with van der Waals surface area (Å²) in [4.78, 5) is 48.6. The molecule has 1 heterocycles. The molecule has 0 aliphatic carbocycles. The van der Waals surface area contributed by atoms with Crippen molar-refractivity contribution in [3.63, 3.8) is 0 Å². The first-order valence-corrected chi connectivity index (χ1v) is 10.9. The molecule has 0 radical (unpaired) electrons. The number of amides is 3. The molecule has 3 amide bonds. The van der Waals surface area contributed by atoms with Crippen LogP contribution in [0, 0.1) is 0 Å². The Bertz CT molecular complexity index is 802. The summed E-state index contributed by atoms with van der Waals surface area (Å²) in [5, 5.41) is 10.8. The number of carbonyl (C=O) groups excluding carboxylic acids is 4. The van der Waals surface area contributed by atoms with Crippen molar-refractivity contribution < 1.29 is 23.9 Å². The highest BCUT2D eigenvalue weighted by Gasteiger charge is 2.49. The van der Waals surface area contributed by atoms with E-state index in [1.54, 1.807) is 0 Å². The molecule has 31 heavy (non-hydrogen) atoms. The molecule has 0 unspecified atom stereocenters. The third-order valence-corrected chi connectivity index (χ3v) is 6.30. The minimum absolute atomic E-state index is 0.127. The predicted octanol–water partition coefficient (Wildman–Crippen LogP) is -0.0511. The summed E-state index contributed by atoms with van der Waals surface area (Å²) < 4.78 is 4.35. The molecule has 1 saturated heterocycles. The van der Waals surface area contributed by atoms with Gasteiger partial charge in [-0.1, -0.05) is 30.3 Å². The SMILES string of the molecule is COC(=O)[C@@H](NC(=O)Cc1ccccc1)[C@@H]1N[C@@H](C(=O)NCCNC(C)=O)C(C)(C)S1. The quantitative estimate of drug-likeness (QED) is 0.307. The van der Waals surface area contributed by atoms with E-state index >= 15 is 0 Å². The summed E-state index contributed by atoms with van der Waals surface area (Å²) in [6.45, 7) is 5.80. The molecule has 2 rings (SSSR count). The Morgan fingerprint density at radius 3 is 2.39 bits per heavy atom. The zero-order chi connectivity index (χ0) is 23.0. The molecule has 170 valence electrons. The number of ether oxygens (including phenoxy) is 1. The Kier molecular flexibility index (Phi) is 8.88. The number of esters is 1. The summed E-state index contributed by atoms with van der Waals surface area (Å²) in [6, 6.07) is 7.65. The van der Waals surface area contributed by atoms with E-state index in [0.29, 0.717) is 6.54 Å². The van der Waals surface area contributed by atoms with E-state index < -0.39 is 28.2 Å². The van der Waals surface area contributed by atoms with Crippen molar-refractivity contribution in [1.29, 1.82) is 0 Å². The van der Waals surface area contributed by atoms with E-state index in [4.69, 9.17) is 4.74 Å². The van der Waals surface area contributed by atoms with Crippen LogP contribution in [-0.4, -0.2) is 66.1 Å². The normalized spacial score (nSPS) is 20.4.